The van der Waals surface area contributed by atoms with Crippen molar-refractivity contribution in [3.8, 4) is 0 Å². The molecule has 0 aliphatic heterocycles. The summed E-state index contributed by atoms with van der Waals surface area (Å²) >= 11 is 10.1. The standard InChI is InChI=1S/CH2Cl2Si/c2-1-4-3/h1H2. The second kappa shape index (κ2) is 3.80. The Morgan fingerprint density at radius 1 is 1.75 bits per heavy atom. The van der Waals surface area contributed by atoms with Gasteiger partial charge in [-0.05, 0) is 0 Å². The summed E-state index contributed by atoms with van der Waals surface area (Å²) in [4.78, 5) is 0. The largest absolute Gasteiger partial charge is 0.188 e. The van der Waals surface area contributed by atoms with Gasteiger partial charge in [-0.1, -0.05) is 0 Å². The zero-order valence-corrected chi connectivity index (χ0v) is 4.47. The van der Waals surface area contributed by atoms with Crippen molar-refractivity contribution in [1.82, 2.24) is 0 Å². The van der Waals surface area contributed by atoms with E-state index in [1.54, 1.807) is 0 Å². The molecule has 0 aromatic carbocycles. The van der Waals surface area contributed by atoms with Gasteiger partial charge in [0.25, 0.3) is 0 Å². The zero-order chi connectivity index (χ0) is 3.41. The Morgan fingerprint density at radius 3 is 2.00 bits per heavy atom. The van der Waals surface area contributed by atoms with Crippen LogP contribution in [0, 0.1) is 0 Å². The van der Waals surface area contributed by atoms with E-state index in [9.17, 15) is 0 Å². The first-order chi connectivity index (χ1) is 1.91. The maximum atomic E-state index is 5.08. The Morgan fingerprint density at radius 2 is 2.00 bits per heavy atom. The number of hydrogen-bond donors (Lipinski definition) is 0. The van der Waals surface area contributed by atoms with Gasteiger partial charge in [0, 0.05) is 5.50 Å². The van der Waals surface area contributed by atoms with Gasteiger partial charge in [-0.25, -0.2) is 0 Å². The lowest BCUT2D eigenvalue weighted by Crippen LogP contribution is -1.71. The van der Waals surface area contributed by atoms with Gasteiger partial charge >= 0.3 is 0 Å². The number of alkyl halides is 1. The molecule has 24 valence electrons. The summed E-state index contributed by atoms with van der Waals surface area (Å²) in [5, 5.41) is 0. The highest BCUT2D eigenvalue weighted by molar-refractivity contribution is 6.96. The fourth-order valence-electron chi connectivity index (χ4n) is 0. The van der Waals surface area contributed by atoms with Gasteiger partial charge in [0.15, 0.2) is 8.83 Å². The molecule has 0 fully saturated rings. The van der Waals surface area contributed by atoms with Crippen molar-refractivity contribution >= 4 is 31.5 Å². The molecule has 0 unspecified atom stereocenters. The highest BCUT2D eigenvalue weighted by atomic mass is 35.6. The van der Waals surface area contributed by atoms with Crippen molar-refractivity contribution in [1.29, 1.82) is 0 Å². The highest BCUT2D eigenvalue weighted by Crippen LogP contribution is 1.70. The van der Waals surface area contributed by atoms with Crippen LogP contribution in [0.4, 0.5) is 0 Å². The summed E-state index contributed by atoms with van der Waals surface area (Å²) in [5.41, 5.74) is 0.585. The molecule has 3 heteroatoms. The monoisotopic (exact) mass is 112 g/mol. The van der Waals surface area contributed by atoms with Crippen molar-refractivity contribution in [2.45, 2.75) is 0 Å². The minimum absolute atomic E-state index is 0.378. The first-order valence-electron chi connectivity index (χ1n) is 0.810. The van der Waals surface area contributed by atoms with Crippen LogP contribution < -0.4 is 0 Å². The Labute approximate surface area is 37.6 Å². The van der Waals surface area contributed by atoms with Gasteiger partial charge in [-0.3, -0.25) is 0 Å². The van der Waals surface area contributed by atoms with Crippen LogP contribution in [-0.2, 0) is 0 Å². The maximum Gasteiger partial charge on any atom is 0.188 e. The molecular weight excluding hydrogens is 111 g/mol. The minimum Gasteiger partial charge on any atom is -0.170 e. The topological polar surface area (TPSA) is 0 Å². The van der Waals surface area contributed by atoms with Gasteiger partial charge in [-0.15, -0.1) is 11.6 Å². The van der Waals surface area contributed by atoms with Crippen molar-refractivity contribution < 1.29 is 0 Å². The van der Waals surface area contributed by atoms with E-state index in [1.807, 2.05) is 0 Å². The molecule has 0 heterocycles. The highest BCUT2D eigenvalue weighted by Gasteiger charge is 1.66. The van der Waals surface area contributed by atoms with E-state index in [4.69, 9.17) is 22.7 Å². The van der Waals surface area contributed by atoms with Crippen LogP contribution in [0.2, 0.25) is 0 Å². The Hall–Kier alpha value is 0.797. The average molecular weight is 113 g/mol. The van der Waals surface area contributed by atoms with E-state index in [2.05, 4.69) is 0 Å². The van der Waals surface area contributed by atoms with Crippen LogP contribution in [-0.4, -0.2) is 14.3 Å². The van der Waals surface area contributed by atoms with E-state index in [0.717, 1.165) is 0 Å². The number of rotatable bonds is 1. The molecule has 0 bridgehead atoms. The summed E-state index contributed by atoms with van der Waals surface area (Å²) in [5.74, 6) is 0. The van der Waals surface area contributed by atoms with Crippen molar-refractivity contribution in [3.63, 3.8) is 0 Å². The second-order valence-electron chi connectivity index (χ2n) is 0.267. The van der Waals surface area contributed by atoms with Crippen LogP contribution in [0.1, 0.15) is 0 Å². The van der Waals surface area contributed by atoms with E-state index < -0.39 is 0 Å². The molecule has 0 atom stereocenters. The predicted octanol–water partition coefficient (Wildman–Crippen LogP) is 1.04. The van der Waals surface area contributed by atoms with Crippen LogP contribution in [0.25, 0.3) is 0 Å². The molecule has 2 radical (unpaired) electrons. The maximum absolute atomic E-state index is 5.08. The van der Waals surface area contributed by atoms with Gasteiger partial charge in [0.1, 0.15) is 0 Å². The van der Waals surface area contributed by atoms with E-state index >= 15 is 0 Å². The van der Waals surface area contributed by atoms with Gasteiger partial charge < -0.3 is 0 Å². The van der Waals surface area contributed by atoms with Crippen LogP contribution >= 0.6 is 22.7 Å². The molecule has 0 rings (SSSR count). The van der Waals surface area contributed by atoms with Gasteiger partial charge in [-0.2, -0.15) is 11.1 Å². The zero-order valence-electron chi connectivity index (χ0n) is 1.96. The van der Waals surface area contributed by atoms with E-state index in [-0.39, 0.29) is 0 Å². The normalized spacial score (nSPS) is 7.50. The molecule has 0 aliphatic carbocycles. The first kappa shape index (κ1) is 4.80. The third-order valence-electron chi connectivity index (χ3n) is 0.0505. The molecule has 0 nitrogen and oxygen atoms in total. The Kier molecular flexibility index (Phi) is 4.55. The molecule has 0 aliphatic rings. The van der Waals surface area contributed by atoms with Crippen molar-refractivity contribution in [3.05, 3.63) is 0 Å². The van der Waals surface area contributed by atoms with Crippen molar-refractivity contribution in [2.24, 2.45) is 0 Å². The molecule has 0 saturated carbocycles. The molecule has 0 N–H and O–H groups in total. The SMILES string of the molecule is ClC[Si]Cl. The molecule has 0 aromatic heterocycles. The summed E-state index contributed by atoms with van der Waals surface area (Å²) in [6, 6.07) is 0. The molecule has 0 aromatic rings. The molecular formula is CH2Cl2Si. The molecule has 0 amide bonds. The predicted molar refractivity (Wildman–Crippen MR) is 22.3 cm³/mol. The lowest BCUT2D eigenvalue weighted by molar-refractivity contribution is 2.18. The fraction of sp³-hybridized carbons (Fsp3) is 1.00. The molecule has 0 saturated heterocycles. The smallest absolute Gasteiger partial charge is 0.170 e. The second-order valence-corrected chi connectivity index (χ2v) is 2.41. The van der Waals surface area contributed by atoms with Crippen LogP contribution in [0.3, 0.4) is 0 Å². The van der Waals surface area contributed by atoms with E-state index in [1.165, 1.54) is 0 Å². The van der Waals surface area contributed by atoms with Gasteiger partial charge in [0.05, 0.1) is 0 Å². The van der Waals surface area contributed by atoms with Crippen molar-refractivity contribution in [2.75, 3.05) is 5.50 Å². The lowest BCUT2D eigenvalue weighted by atomic mass is 11.9. The molecule has 4 heavy (non-hydrogen) atoms. The van der Waals surface area contributed by atoms with E-state index in [0.29, 0.717) is 14.3 Å². The third-order valence-corrected chi connectivity index (χ3v) is 1.36. The minimum atomic E-state index is 0.378. The average Bonchev–Trinajstić information content (AvgIpc) is 1.37. The van der Waals surface area contributed by atoms with Crippen LogP contribution in [0.15, 0.2) is 0 Å². The van der Waals surface area contributed by atoms with Crippen LogP contribution in [0.5, 0.6) is 0 Å². The Balaban J connectivity index is 1.97. The first-order valence-corrected chi connectivity index (χ1v) is 3.56. The number of hydrogen-bond acceptors (Lipinski definition) is 0. The lowest BCUT2D eigenvalue weighted by Gasteiger charge is -1.59. The summed E-state index contributed by atoms with van der Waals surface area (Å²) in [6.45, 7) is 0. The summed E-state index contributed by atoms with van der Waals surface area (Å²) in [7, 11) is 0.378. The van der Waals surface area contributed by atoms with Gasteiger partial charge in [0.2, 0.25) is 0 Å². The summed E-state index contributed by atoms with van der Waals surface area (Å²) in [6.07, 6.45) is 0. The summed E-state index contributed by atoms with van der Waals surface area (Å²) < 4.78 is 0. The quantitative estimate of drug-likeness (QED) is 0.271. The fourth-order valence-corrected chi connectivity index (χ4v) is 0. The molecule has 0 spiro atoms. The number of halogens is 2. The Bertz CT molecular complexity index is 8.00. The third kappa shape index (κ3) is 2.80.